The van der Waals surface area contributed by atoms with Crippen LogP contribution in [-0.4, -0.2) is 24.9 Å². The molecule has 0 rings (SSSR count). The molecule has 0 radical (unpaired) electrons. The maximum Gasteiger partial charge on any atom is 0.283 e. The van der Waals surface area contributed by atoms with Gasteiger partial charge in [-0.1, -0.05) is 32.6 Å². The van der Waals surface area contributed by atoms with E-state index < -0.39 is 15.0 Å². The molecule has 0 aliphatic rings. The molecular formula is C9H21NO3S. The van der Waals surface area contributed by atoms with E-state index in [4.69, 9.17) is 4.55 Å². The van der Waals surface area contributed by atoms with Crippen molar-refractivity contribution in [3.8, 4) is 0 Å². The minimum atomic E-state index is -4.01. The maximum absolute atomic E-state index is 11.0. The van der Waals surface area contributed by atoms with Crippen molar-refractivity contribution in [1.29, 1.82) is 0 Å². The quantitative estimate of drug-likeness (QED) is 0.510. The van der Waals surface area contributed by atoms with Gasteiger partial charge in [-0.05, 0) is 20.4 Å². The van der Waals surface area contributed by atoms with Crippen molar-refractivity contribution < 1.29 is 13.0 Å². The van der Waals surface area contributed by atoms with E-state index in [9.17, 15) is 8.42 Å². The molecule has 0 spiro atoms. The molecule has 5 heteroatoms. The van der Waals surface area contributed by atoms with Crippen molar-refractivity contribution in [2.45, 2.75) is 50.8 Å². The molecule has 0 aromatic carbocycles. The second-order valence-electron chi connectivity index (χ2n) is 3.77. The number of hydrogen-bond acceptors (Lipinski definition) is 3. The van der Waals surface area contributed by atoms with Crippen LogP contribution in [0, 0.1) is 0 Å². The van der Waals surface area contributed by atoms with Gasteiger partial charge >= 0.3 is 0 Å². The SMILES string of the molecule is CCCCCCC(C)(NC)S(=O)(=O)O. The van der Waals surface area contributed by atoms with E-state index in [1.165, 1.54) is 6.92 Å². The van der Waals surface area contributed by atoms with E-state index in [1.54, 1.807) is 7.05 Å². The van der Waals surface area contributed by atoms with Gasteiger partial charge in [0.05, 0.1) is 0 Å². The molecule has 2 N–H and O–H groups in total. The highest BCUT2D eigenvalue weighted by Gasteiger charge is 2.35. The van der Waals surface area contributed by atoms with Crippen LogP contribution in [0.15, 0.2) is 0 Å². The molecule has 0 aliphatic carbocycles. The van der Waals surface area contributed by atoms with Crippen LogP contribution in [0.1, 0.15) is 46.0 Å². The molecule has 0 aromatic rings. The van der Waals surface area contributed by atoms with Gasteiger partial charge in [0, 0.05) is 0 Å². The van der Waals surface area contributed by atoms with Gasteiger partial charge in [-0.3, -0.25) is 9.87 Å². The van der Waals surface area contributed by atoms with Gasteiger partial charge in [0.15, 0.2) is 0 Å². The molecular weight excluding hydrogens is 202 g/mol. The standard InChI is InChI=1S/C9H21NO3S/c1-4-5-6-7-8-9(2,10-3)14(11,12)13/h10H,4-8H2,1-3H3,(H,11,12,13). The zero-order valence-corrected chi connectivity index (χ0v) is 10.0. The van der Waals surface area contributed by atoms with Crippen LogP contribution in [0.25, 0.3) is 0 Å². The molecule has 0 aliphatic heterocycles. The summed E-state index contributed by atoms with van der Waals surface area (Å²) in [6.45, 7) is 3.61. The van der Waals surface area contributed by atoms with E-state index >= 15 is 0 Å². The Bertz CT molecular complexity index is 251. The topological polar surface area (TPSA) is 66.4 Å². The highest BCUT2D eigenvalue weighted by atomic mass is 32.2. The Morgan fingerprint density at radius 1 is 1.29 bits per heavy atom. The third kappa shape index (κ3) is 3.94. The van der Waals surface area contributed by atoms with Crippen molar-refractivity contribution >= 4 is 10.1 Å². The highest BCUT2D eigenvalue weighted by Crippen LogP contribution is 2.20. The van der Waals surface area contributed by atoms with Gasteiger partial charge in [-0.2, -0.15) is 8.42 Å². The zero-order chi connectivity index (χ0) is 11.2. The fourth-order valence-corrected chi connectivity index (χ4v) is 1.93. The van der Waals surface area contributed by atoms with E-state index in [0.29, 0.717) is 6.42 Å². The summed E-state index contributed by atoms with van der Waals surface area (Å²) in [7, 11) is -2.46. The van der Waals surface area contributed by atoms with Gasteiger partial charge in [0.25, 0.3) is 10.1 Å². The molecule has 86 valence electrons. The first-order chi connectivity index (χ1) is 6.37. The minimum absolute atomic E-state index is 0.447. The molecule has 14 heavy (non-hydrogen) atoms. The third-order valence-corrected chi connectivity index (χ3v) is 4.15. The summed E-state index contributed by atoms with van der Waals surface area (Å²) in [5, 5.41) is 2.66. The second-order valence-corrected chi connectivity index (χ2v) is 5.62. The number of nitrogens with one attached hydrogen (secondary N) is 1. The van der Waals surface area contributed by atoms with Crippen LogP contribution in [0.2, 0.25) is 0 Å². The first kappa shape index (κ1) is 13.9. The predicted octanol–water partition coefficient (Wildman–Crippen LogP) is 1.78. The molecule has 0 amide bonds. The summed E-state index contributed by atoms with van der Waals surface area (Å²) in [4.78, 5) is -1.19. The van der Waals surface area contributed by atoms with E-state index in [2.05, 4.69) is 12.2 Å². The molecule has 4 nitrogen and oxygen atoms in total. The summed E-state index contributed by atoms with van der Waals surface area (Å²) in [6.07, 6.45) is 4.48. The molecule has 0 saturated carbocycles. The van der Waals surface area contributed by atoms with Gasteiger partial charge in [0.2, 0.25) is 0 Å². The predicted molar refractivity (Wildman–Crippen MR) is 57.8 cm³/mol. The zero-order valence-electron chi connectivity index (χ0n) is 9.21. The molecule has 1 unspecified atom stereocenters. The smallest absolute Gasteiger partial charge is 0.283 e. The normalized spacial score (nSPS) is 16.6. The number of hydrogen-bond donors (Lipinski definition) is 2. The lowest BCUT2D eigenvalue weighted by Crippen LogP contribution is -2.47. The fraction of sp³-hybridized carbons (Fsp3) is 1.00. The average Bonchev–Trinajstić information content (AvgIpc) is 2.10. The van der Waals surface area contributed by atoms with Crippen LogP contribution in [0.3, 0.4) is 0 Å². The van der Waals surface area contributed by atoms with Gasteiger partial charge < -0.3 is 0 Å². The van der Waals surface area contributed by atoms with Crippen LogP contribution < -0.4 is 5.32 Å². The largest absolute Gasteiger partial charge is 0.300 e. The Kier molecular flexibility index (Phi) is 5.63. The maximum atomic E-state index is 11.0. The van der Waals surface area contributed by atoms with Crippen molar-refractivity contribution in [3.63, 3.8) is 0 Å². The fourth-order valence-electron chi connectivity index (χ4n) is 1.27. The first-order valence-electron chi connectivity index (χ1n) is 5.03. The van der Waals surface area contributed by atoms with Crippen LogP contribution >= 0.6 is 0 Å². The Hall–Kier alpha value is -0.130. The molecule has 0 aromatic heterocycles. The van der Waals surface area contributed by atoms with Crippen molar-refractivity contribution in [3.05, 3.63) is 0 Å². The lowest BCUT2D eigenvalue weighted by molar-refractivity contribution is 0.381. The highest BCUT2D eigenvalue weighted by molar-refractivity contribution is 7.87. The Labute approximate surface area is 86.8 Å². The van der Waals surface area contributed by atoms with E-state index in [-0.39, 0.29) is 0 Å². The lowest BCUT2D eigenvalue weighted by Gasteiger charge is -2.25. The summed E-state index contributed by atoms with van der Waals surface area (Å²) in [5.74, 6) is 0. The van der Waals surface area contributed by atoms with Gasteiger partial charge in [0.1, 0.15) is 4.87 Å². The Morgan fingerprint density at radius 2 is 1.86 bits per heavy atom. The Morgan fingerprint density at radius 3 is 2.21 bits per heavy atom. The molecule has 1 atom stereocenters. The van der Waals surface area contributed by atoms with E-state index in [1.807, 2.05) is 0 Å². The number of unbranched alkanes of at least 4 members (excludes halogenated alkanes) is 3. The lowest BCUT2D eigenvalue weighted by atomic mass is 10.1. The molecule has 0 heterocycles. The minimum Gasteiger partial charge on any atom is -0.300 e. The van der Waals surface area contributed by atoms with E-state index in [0.717, 1.165) is 25.7 Å². The summed E-state index contributed by atoms with van der Waals surface area (Å²) in [5.41, 5.74) is 0. The first-order valence-corrected chi connectivity index (χ1v) is 6.47. The monoisotopic (exact) mass is 223 g/mol. The Balaban J connectivity index is 4.15. The average molecular weight is 223 g/mol. The molecule has 0 saturated heterocycles. The summed E-state index contributed by atoms with van der Waals surface area (Å²) in [6, 6.07) is 0. The van der Waals surface area contributed by atoms with Crippen LogP contribution in [-0.2, 0) is 10.1 Å². The second kappa shape index (κ2) is 5.68. The number of rotatable bonds is 7. The van der Waals surface area contributed by atoms with Crippen molar-refractivity contribution in [2.75, 3.05) is 7.05 Å². The van der Waals surface area contributed by atoms with Crippen molar-refractivity contribution in [1.82, 2.24) is 5.32 Å². The van der Waals surface area contributed by atoms with Crippen LogP contribution in [0.4, 0.5) is 0 Å². The molecule has 0 bridgehead atoms. The van der Waals surface area contributed by atoms with Crippen LogP contribution in [0.5, 0.6) is 0 Å². The summed E-state index contributed by atoms with van der Waals surface area (Å²) < 4.78 is 31.1. The summed E-state index contributed by atoms with van der Waals surface area (Å²) >= 11 is 0. The third-order valence-electron chi connectivity index (χ3n) is 2.61. The molecule has 0 fully saturated rings. The van der Waals surface area contributed by atoms with Gasteiger partial charge in [-0.15, -0.1) is 0 Å². The van der Waals surface area contributed by atoms with Gasteiger partial charge in [-0.25, -0.2) is 0 Å². The van der Waals surface area contributed by atoms with Crippen molar-refractivity contribution in [2.24, 2.45) is 0 Å².